The third kappa shape index (κ3) is 7.07. The second-order valence-corrected chi connectivity index (χ2v) is 7.25. The highest BCUT2D eigenvalue weighted by molar-refractivity contribution is 9.10. The minimum atomic E-state index is -0.434. The molecule has 0 bridgehead atoms. The number of carbonyl (C=O) groups is 2. The van der Waals surface area contributed by atoms with Crippen LogP contribution in [-0.4, -0.2) is 38.4 Å². The van der Waals surface area contributed by atoms with Crippen molar-refractivity contribution in [1.82, 2.24) is 5.43 Å². The Balaban J connectivity index is 1.85. The number of amides is 2. The van der Waals surface area contributed by atoms with Crippen LogP contribution in [0.4, 0.5) is 5.69 Å². The Hall–Kier alpha value is -3.07. The second-order valence-electron chi connectivity index (χ2n) is 6.40. The summed E-state index contributed by atoms with van der Waals surface area (Å²) in [4.78, 5) is 24.2. The molecule has 0 atom stereocenters. The lowest BCUT2D eigenvalue weighted by Crippen LogP contribution is -2.26. The maximum absolute atomic E-state index is 12.3. The molecule has 2 amide bonds. The van der Waals surface area contributed by atoms with E-state index in [-0.39, 0.29) is 18.9 Å². The van der Waals surface area contributed by atoms with Crippen LogP contribution >= 0.6 is 15.9 Å². The number of ether oxygens (including phenoxy) is 3. The lowest BCUT2D eigenvalue weighted by Gasteiger charge is -2.11. The summed E-state index contributed by atoms with van der Waals surface area (Å²) < 4.78 is 16.6. The van der Waals surface area contributed by atoms with Crippen molar-refractivity contribution < 1.29 is 23.8 Å². The first kappa shape index (κ1) is 23.2. The molecule has 8 nitrogen and oxygen atoms in total. The first-order valence-corrected chi connectivity index (χ1v) is 9.84. The summed E-state index contributed by atoms with van der Waals surface area (Å²) in [5, 5.41) is 6.68. The average molecular weight is 478 g/mol. The van der Waals surface area contributed by atoms with E-state index < -0.39 is 5.91 Å². The Bertz CT molecular complexity index is 946. The molecule has 2 rings (SSSR count). The number of hydrogen-bond acceptors (Lipinski definition) is 6. The highest BCUT2D eigenvalue weighted by Crippen LogP contribution is 2.29. The zero-order valence-corrected chi connectivity index (χ0v) is 18.8. The highest BCUT2D eigenvalue weighted by Gasteiger charge is 2.11. The molecule has 0 unspecified atom stereocenters. The Morgan fingerprint density at radius 3 is 2.43 bits per heavy atom. The van der Waals surface area contributed by atoms with E-state index in [1.54, 1.807) is 31.2 Å². The monoisotopic (exact) mass is 477 g/mol. The number of halogens is 1. The molecular weight excluding hydrogens is 454 g/mol. The molecule has 0 spiro atoms. The van der Waals surface area contributed by atoms with Crippen LogP contribution in [0.3, 0.4) is 0 Å². The maximum atomic E-state index is 12.3. The van der Waals surface area contributed by atoms with Crippen LogP contribution in [0.5, 0.6) is 17.2 Å². The predicted molar refractivity (Wildman–Crippen MR) is 118 cm³/mol. The van der Waals surface area contributed by atoms with E-state index in [1.165, 1.54) is 14.2 Å². The van der Waals surface area contributed by atoms with Crippen molar-refractivity contribution in [2.24, 2.45) is 5.10 Å². The molecule has 0 radical (unpaired) electrons. The number of anilines is 1. The minimum absolute atomic E-state index is 0.00892. The number of rotatable bonds is 9. The number of carbonyl (C=O) groups excluding carboxylic acids is 2. The fourth-order valence-electron chi connectivity index (χ4n) is 2.43. The van der Waals surface area contributed by atoms with E-state index in [0.717, 1.165) is 10.0 Å². The van der Waals surface area contributed by atoms with E-state index in [9.17, 15) is 9.59 Å². The molecule has 0 aromatic heterocycles. The first-order chi connectivity index (χ1) is 14.3. The standard InChI is InChI=1S/C21H24BrN3O5/c1-13-5-7-18(16(22)9-13)30-12-21(27)25-24-14(2)10-20(26)23-17-11-15(28-3)6-8-19(17)29-4/h5-9,11H,10,12H2,1-4H3,(H,23,26)(H,25,27)/b24-14-. The van der Waals surface area contributed by atoms with Gasteiger partial charge in [-0.05, 0) is 59.6 Å². The Kier molecular flexibility index (Phi) is 8.67. The van der Waals surface area contributed by atoms with Crippen molar-refractivity contribution in [2.75, 3.05) is 26.1 Å². The molecule has 0 aliphatic heterocycles. The van der Waals surface area contributed by atoms with E-state index in [2.05, 4.69) is 31.8 Å². The van der Waals surface area contributed by atoms with Gasteiger partial charge in [-0.25, -0.2) is 5.43 Å². The second kappa shape index (κ2) is 11.2. The summed E-state index contributed by atoms with van der Waals surface area (Å²) in [7, 11) is 3.05. The van der Waals surface area contributed by atoms with E-state index >= 15 is 0 Å². The quantitative estimate of drug-likeness (QED) is 0.424. The van der Waals surface area contributed by atoms with Gasteiger partial charge in [0.15, 0.2) is 6.61 Å². The molecule has 0 aliphatic rings. The SMILES string of the molecule is COc1ccc(OC)c(NC(=O)C/C(C)=N\NC(=O)COc2ccc(C)cc2Br)c1. The number of hydrogen-bond donors (Lipinski definition) is 2. The lowest BCUT2D eigenvalue weighted by molar-refractivity contribution is -0.123. The van der Waals surface area contributed by atoms with Crippen molar-refractivity contribution in [3.8, 4) is 17.2 Å². The molecule has 2 aromatic rings. The van der Waals surface area contributed by atoms with Crippen LogP contribution in [0.2, 0.25) is 0 Å². The van der Waals surface area contributed by atoms with Crippen molar-refractivity contribution in [3.63, 3.8) is 0 Å². The van der Waals surface area contributed by atoms with Gasteiger partial charge in [0.25, 0.3) is 5.91 Å². The van der Waals surface area contributed by atoms with Gasteiger partial charge in [-0.3, -0.25) is 9.59 Å². The Morgan fingerprint density at radius 2 is 1.77 bits per heavy atom. The van der Waals surface area contributed by atoms with Gasteiger partial charge in [-0.2, -0.15) is 5.10 Å². The van der Waals surface area contributed by atoms with Crippen molar-refractivity contribution in [3.05, 3.63) is 46.4 Å². The normalized spacial score (nSPS) is 10.9. The topological polar surface area (TPSA) is 98.3 Å². The number of methoxy groups -OCH3 is 2. The van der Waals surface area contributed by atoms with Crippen molar-refractivity contribution in [2.45, 2.75) is 20.3 Å². The van der Waals surface area contributed by atoms with E-state index in [0.29, 0.717) is 28.6 Å². The zero-order chi connectivity index (χ0) is 22.1. The Morgan fingerprint density at radius 1 is 1.03 bits per heavy atom. The maximum Gasteiger partial charge on any atom is 0.277 e. The molecule has 0 heterocycles. The summed E-state index contributed by atoms with van der Waals surface area (Å²) >= 11 is 3.39. The summed E-state index contributed by atoms with van der Waals surface area (Å²) in [6.07, 6.45) is -0.00892. The van der Waals surface area contributed by atoms with Crippen LogP contribution in [0, 0.1) is 6.92 Å². The van der Waals surface area contributed by atoms with E-state index in [1.807, 2.05) is 19.1 Å². The van der Waals surface area contributed by atoms with Crippen molar-refractivity contribution in [1.29, 1.82) is 0 Å². The van der Waals surface area contributed by atoms with E-state index in [4.69, 9.17) is 14.2 Å². The van der Waals surface area contributed by atoms with Crippen molar-refractivity contribution >= 4 is 39.1 Å². The van der Waals surface area contributed by atoms with Crippen LogP contribution in [0.15, 0.2) is 46.0 Å². The average Bonchev–Trinajstić information content (AvgIpc) is 2.71. The number of nitrogens with zero attached hydrogens (tertiary/aromatic N) is 1. The minimum Gasteiger partial charge on any atom is -0.497 e. The highest BCUT2D eigenvalue weighted by atomic mass is 79.9. The summed E-state index contributed by atoms with van der Waals surface area (Å²) in [6.45, 7) is 3.39. The third-order valence-electron chi connectivity index (χ3n) is 3.91. The molecule has 2 N–H and O–H groups in total. The third-order valence-corrected chi connectivity index (χ3v) is 4.53. The molecule has 0 saturated carbocycles. The number of nitrogens with one attached hydrogen (secondary N) is 2. The van der Waals surface area contributed by atoms with Gasteiger partial charge in [0, 0.05) is 11.8 Å². The fraction of sp³-hybridized carbons (Fsp3) is 0.286. The smallest absolute Gasteiger partial charge is 0.277 e. The molecule has 0 fully saturated rings. The van der Waals surface area contributed by atoms with Gasteiger partial charge in [-0.15, -0.1) is 0 Å². The summed E-state index contributed by atoms with van der Waals surface area (Å²) in [6, 6.07) is 10.6. The van der Waals surface area contributed by atoms with Gasteiger partial charge in [0.05, 0.1) is 30.8 Å². The lowest BCUT2D eigenvalue weighted by atomic mass is 10.2. The van der Waals surface area contributed by atoms with Gasteiger partial charge in [0.1, 0.15) is 17.2 Å². The fourth-order valence-corrected chi connectivity index (χ4v) is 3.04. The summed E-state index contributed by atoms with van der Waals surface area (Å²) in [5.41, 5.74) is 4.36. The van der Waals surface area contributed by atoms with Gasteiger partial charge in [-0.1, -0.05) is 6.07 Å². The molecule has 30 heavy (non-hydrogen) atoms. The van der Waals surface area contributed by atoms with Crippen LogP contribution < -0.4 is 25.0 Å². The Labute approximate surface area is 183 Å². The molecule has 9 heteroatoms. The molecule has 2 aromatic carbocycles. The van der Waals surface area contributed by atoms with Crippen LogP contribution in [-0.2, 0) is 9.59 Å². The van der Waals surface area contributed by atoms with Crippen LogP contribution in [0.25, 0.3) is 0 Å². The molecular formula is C21H24BrN3O5. The first-order valence-electron chi connectivity index (χ1n) is 9.05. The molecule has 0 aliphatic carbocycles. The predicted octanol–water partition coefficient (Wildman–Crippen LogP) is 3.67. The number of aryl methyl sites for hydroxylation is 1. The van der Waals surface area contributed by atoms with Gasteiger partial charge in [0.2, 0.25) is 5.91 Å². The molecule has 0 saturated heterocycles. The number of benzene rings is 2. The van der Waals surface area contributed by atoms with Crippen LogP contribution in [0.1, 0.15) is 18.9 Å². The van der Waals surface area contributed by atoms with Gasteiger partial charge >= 0.3 is 0 Å². The van der Waals surface area contributed by atoms with Gasteiger partial charge < -0.3 is 19.5 Å². The summed E-state index contributed by atoms with van der Waals surface area (Å²) in [5.74, 6) is 0.909. The molecule has 160 valence electrons. The largest absolute Gasteiger partial charge is 0.497 e. The number of hydrazone groups is 1. The zero-order valence-electron chi connectivity index (χ0n) is 17.2.